The first-order valence-electron chi connectivity index (χ1n) is 9.83. The van der Waals surface area contributed by atoms with Crippen LogP contribution in [0.2, 0.25) is 0 Å². The van der Waals surface area contributed by atoms with Crippen LogP contribution in [-0.4, -0.2) is 30.2 Å². The molecule has 29 heavy (non-hydrogen) atoms. The van der Waals surface area contributed by atoms with Crippen LogP contribution in [0, 0.1) is 0 Å². The lowest BCUT2D eigenvalue weighted by Crippen LogP contribution is -2.37. The summed E-state index contributed by atoms with van der Waals surface area (Å²) in [5.41, 5.74) is 0.667. The van der Waals surface area contributed by atoms with E-state index in [9.17, 15) is 14.4 Å². The molecule has 7 nitrogen and oxygen atoms in total. The van der Waals surface area contributed by atoms with E-state index >= 15 is 0 Å². The molecule has 3 rings (SSSR count). The normalized spacial score (nSPS) is 11.3. The first-order chi connectivity index (χ1) is 14.0. The summed E-state index contributed by atoms with van der Waals surface area (Å²) < 4.78 is 4.37. The number of carbonyl (C=O) groups excluding carboxylic acids is 1. The van der Waals surface area contributed by atoms with Gasteiger partial charge in [0.1, 0.15) is 0 Å². The van der Waals surface area contributed by atoms with E-state index in [4.69, 9.17) is 0 Å². The SMILES string of the molecule is CCCCCCn1c(SCC(=O)c2ccccc2)nc2c1c(=O)n(C)c(=O)n2C. The zero-order chi connectivity index (χ0) is 21.0. The summed E-state index contributed by atoms with van der Waals surface area (Å²) in [7, 11) is 3.09. The van der Waals surface area contributed by atoms with Gasteiger partial charge in [-0.15, -0.1) is 0 Å². The Morgan fingerprint density at radius 2 is 1.76 bits per heavy atom. The number of imidazole rings is 1. The smallest absolute Gasteiger partial charge is 0.313 e. The van der Waals surface area contributed by atoms with Crippen LogP contribution in [0.3, 0.4) is 0 Å². The second-order valence-corrected chi connectivity index (χ2v) is 8.01. The summed E-state index contributed by atoms with van der Waals surface area (Å²) in [6.07, 6.45) is 4.20. The number of aryl methyl sites for hydroxylation is 2. The average molecular weight is 415 g/mol. The number of hydrogen-bond donors (Lipinski definition) is 0. The number of rotatable bonds is 9. The number of nitrogens with zero attached hydrogens (tertiary/aromatic N) is 4. The highest BCUT2D eigenvalue weighted by Gasteiger charge is 2.20. The molecule has 0 bridgehead atoms. The molecule has 0 saturated carbocycles. The fraction of sp³-hybridized carbons (Fsp3) is 0.429. The van der Waals surface area contributed by atoms with Crippen molar-refractivity contribution in [3.05, 3.63) is 56.7 Å². The van der Waals surface area contributed by atoms with Crippen LogP contribution < -0.4 is 11.2 Å². The first-order valence-corrected chi connectivity index (χ1v) is 10.8. The summed E-state index contributed by atoms with van der Waals surface area (Å²) in [6, 6.07) is 9.11. The summed E-state index contributed by atoms with van der Waals surface area (Å²) in [6.45, 7) is 2.78. The number of unbranched alkanes of at least 4 members (excludes halogenated alkanes) is 3. The van der Waals surface area contributed by atoms with Crippen molar-refractivity contribution in [1.82, 2.24) is 18.7 Å². The van der Waals surface area contributed by atoms with Crippen LogP contribution in [0.25, 0.3) is 11.2 Å². The Labute approximate surface area is 173 Å². The van der Waals surface area contributed by atoms with Crippen molar-refractivity contribution in [2.45, 2.75) is 44.3 Å². The fourth-order valence-electron chi connectivity index (χ4n) is 3.28. The third-order valence-corrected chi connectivity index (χ3v) is 5.95. The third-order valence-electron chi connectivity index (χ3n) is 4.98. The number of thioether (sulfide) groups is 1. The number of benzene rings is 1. The van der Waals surface area contributed by atoms with Crippen molar-refractivity contribution in [3.8, 4) is 0 Å². The quantitative estimate of drug-likeness (QED) is 0.306. The molecule has 2 heterocycles. The molecule has 0 radical (unpaired) electrons. The van der Waals surface area contributed by atoms with Gasteiger partial charge in [0.15, 0.2) is 22.1 Å². The van der Waals surface area contributed by atoms with Gasteiger partial charge >= 0.3 is 5.69 Å². The molecular formula is C21H26N4O3S. The van der Waals surface area contributed by atoms with Crippen molar-refractivity contribution in [3.63, 3.8) is 0 Å². The molecule has 8 heteroatoms. The standard InChI is InChI=1S/C21H26N4O3S/c1-4-5-6-10-13-25-17-18(23(2)21(28)24(3)19(17)27)22-20(25)29-14-16(26)15-11-8-7-9-12-15/h7-9,11-12H,4-6,10,13-14H2,1-3H3. The van der Waals surface area contributed by atoms with E-state index in [1.54, 1.807) is 19.2 Å². The van der Waals surface area contributed by atoms with Crippen molar-refractivity contribution in [2.24, 2.45) is 14.1 Å². The minimum atomic E-state index is -0.407. The predicted molar refractivity (Wildman–Crippen MR) is 116 cm³/mol. The predicted octanol–water partition coefficient (Wildman–Crippen LogP) is 2.99. The van der Waals surface area contributed by atoms with Crippen LogP contribution in [-0.2, 0) is 20.6 Å². The molecule has 0 amide bonds. The number of Topliss-reactive ketones (excluding diaryl/α,β-unsaturated/α-hetero) is 1. The van der Waals surface area contributed by atoms with Gasteiger partial charge < -0.3 is 4.57 Å². The number of carbonyl (C=O) groups is 1. The van der Waals surface area contributed by atoms with Crippen molar-refractivity contribution >= 4 is 28.7 Å². The molecule has 0 aliphatic heterocycles. The van der Waals surface area contributed by atoms with E-state index in [-0.39, 0.29) is 17.1 Å². The highest BCUT2D eigenvalue weighted by Crippen LogP contribution is 2.23. The van der Waals surface area contributed by atoms with Gasteiger partial charge in [-0.25, -0.2) is 9.78 Å². The van der Waals surface area contributed by atoms with Crippen LogP contribution in [0.1, 0.15) is 43.0 Å². The van der Waals surface area contributed by atoms with E-state index in [0.717, 1.165) is 30.3 Å². The Morgan fingerprint density at radius 3 is 2.45 bits per heavy atom. The average Bonchev–Trinajstić information content (AvgIpc) is 3.11. The third kappa shape index (κ3) is 4.37. The second-order valence-electron chi connectivity index (χ2n) is 7.06. The maximum absolute atomic E-state index is 12.8. The van der Waals surface area contributed by atoms with E-state index in [0.29, 0.717) is 28.4 Å². The molecule has 0 saturated heterocycles. The summed E-state index contributed by atoms with van der Waals surface area (Å²) in [4.78, 5) is 42.2. The molecule has 3 aromatic rings. The van der Waals surface area contributed by atoms with Gasteiger partial charge in [-0.3, -0.25) is 18.7 Å². The Balaban J connectivity index is 1.97. The second kappa shape index (κ2) is 9.26. The summed E-state index contributed by atoms with van der Waals surface area (Å²) >= 11 is 1.31. The van der Waals surface area contributed by atoms with Gasteiger partial charge in [0.2, 0.25) is 0 Å². The minimum absolute atomic E-state index is 0.00183. The number of ketones is 1. The van der Waals surface area contributed by atoms with Crippen LogP contribution in [0.15, 0.2) is 45.1 Å². The van der Waals surface area contributed by atoms with Gasteiger partial charge in [-0.05, 0) is 6.42 Å². The Hall–Kier alpha value is -2.61. The van der Waals surface area contributed by atoms with Gasteiger partial charge in [0.05, 0.1) is 5.75 Å². The fourth-order valence-corrected chi connectivity index (χ4v) is 4.19. The zero-order valence-corrected chi connectivity index (χ0v) is 17.9. The summed E-state index contributed by atoms with van der Waals surface area (Å²) in [5.74, 6) is 0.221. The van der Waals surface area contributed by atoms with Gasteiger partial charge in [-0.1, -0.05) is 68.3 Å². The molecule has 0 aliphatic carbocycles. The molecule has 0 atom stereocenters. The largest absolute Gasteiger partial charge is 0.332 e. The lowest BCUT2D eigenvalue weighted by atomic mass is 10.2. The van der Waals surface area contributed by atoms with Crippen LogP contribution in [0.5, 0.6) is 0 Å². The molecule has 1 aromatic carbocycles. The molecule has 154 valence electrons. The molecule has 2 aromatic heterocycles. The molecule has 0 spiro atoms. The monoisotopic (exact) mass is 414 g/mol. The maximum Gasteiger partial charge on any atom is 0.332 e. The minimum Gasteiger partial charge on any atom is -0.313 e. The van der Waals surface area contributed by atoms with Crippen LogP contribution in [0.4, 0.5) is 0 Å². The zero-order valence-electron chi connectivity index (χ0n) is 17.1. The highest BCUT2D eigenvalue weighted by molar-refractivity contribution is 7.99. The highest BCUT2D eigenvalue weighted by atomic mass is 32.2. The number of aromatic nitrogens is 4. The van der Waals surface area contributed by atoms with E-state index in [1.807, 2.05) is 22.8 Å². The lowest BCUT2D eigenvalue weighted by molar-refractivity contribution is 0.102. The van der Waals surface area contributed by atoms with Crippen LogP contribution >= 0.6 is 11.8 Å². The molecule has 0 aliphatic rings. The molecule has 0 fully saturated rings. The topological polar surface area (TPSA) is 78.9 Å². The molecular weight excluding hydrogens is 388 g/mol. The molecule has 0 unspecified atom stereocenters. The summed E-state index contributed by atoms with van der Waals surface area (Å²) in [5, 5.41) is 0.596. The Morgan fingerprint density at radius 1 is 1.03 bits per heavy atom. The van der Waals surface area contributed by atoms with Gasteiger partial charge in [0, 0.05) is 26.2 Å². The van der Waals surface area contributed by atoms with E-state index in [1.165, 1.54) is 23.4 Å². The van der Waals surface area contributed by atoms with Crippen molar-refractivity contribution < 1.29 is 4.79 Å². The van der Waals surface area contributed by atoms with E-state index in [2.05, 4.69) is 11.9 Å². The Bertz CT molecular complexity index is 1130. The molecule has 0 N–H and O–H groups in total. The van der Waals surface area contributed by atoms with Crippen molar-refractivity contribution in [2.75, 3.05) is 5.75 Å². The van der Waals surface area contributed by atoms with Gasteiger partial charge in [0.25, 0.3) is 5.56 Å². The first kappa shape index (κ1) is 21.1. The van der Waals surface area contributed by atoms with Crippen molar-refractivity contribution in [1.29, 1.82) is 0 Å². The number of hydrogen-bond acceptors (Lipinski definition) is 5. The Kier molecular flexibility index (Phi) is 6.74. The number of fused-ring (bicyclic) bond motifs is 1. The van der Waals surface area contributed by atoms with Gasteiger partial charge in [-0.2, -0.15) is 0 Å². The lowest BCUT2D eigenvalue weighted by Gasteiger charge is -2.09. The van der Waals surface area contributed by atoms with E-state index < -0.39 is 5.69 Å². The maximum atomic E-state index is 12.8.